The summed E-state index contributed by atoms with van der Waals surface area (Å²) in [6.45, 7) is 8.27. The number of aromatic nitrogens is 3. The second kappa shape index (κ2) is 3.85. The van der Waals surface area contributed by atoms with Crippen LogP contribution in [0.25, 0.3) is 11.0 Å². The van der Waals surface area contributed by atoms with Gasteiger partial charge in [0.15, 0.2) is 5.65 Å². The third-order valence-electron chi connectivity index (χ3n) is 2.71. The van der Waals surface area contributed by atoms with Crippen LogP contribution in [-0.4, -0.2) is 14.8 Å². The molecule has 0 N–H and O–H groups in total. The number of fused-ring (bicyclic) bond motifs is 1. The van der Waals surface area contributed by atoms with E-state index in [9.17, 15) is 0 Å². The Kier molecular flexibility index (Phi) is 2.62. The van der Waals surface area contributed by atoms with Crippen LogP contribution in [0.15, 0.2) is 12.3 Å². The third kappa shape index (κ3) is 1.89. The molecule has 4 nitrogen and oxygen atoms in total. The number of nitriles is 1. The highest BCUT2D eigenvalue weighted by Crippen LogP contribution is 2.22. The van der Waals surface area contributed by atoms with Gasteiger partial charge in [-0.2, -0.15) is 10.4 Å². The lowest BCUT2D eigenvalue weighted by Crippen LogP contribution is -2.23. The van der Waals surface area contributed by atoms with Gasteiger partial charge in [-0.3, -0.25) is 0 Å². The van der Waals surface area contributed by atoms with E-state index in [1.165, 1.54) is 0 Å². The van der Waals surface area contributed by atoms with Gasteiger partial charge in [0, 0.05) is 5.39 Å². The van der Waals surface area contributed by atoms with Crippen LogP contribution in [0.1, 0.15) is 39.0 Å². The van der Waals surface area contributed by atoms with Crippen molar-refractivity contribution in [2.45, 2.75) is 39.7 Å². The molecule has 2 aromatic heterocycles. The molecule has 0 atom stereocenters. The lowest BCUT2D eigenvalue weighted by Gasteiger charge is -2.20. The van der Waals surface area contributed by atoms with E-state index >= 15 is 0 Å². The van der Waals surface area contributed by atoms with Gasteiger partial charge < -0.3 is 0 Å². The standard InChI is InChI=1S/C13H16N4/c1-5-11-9(7-14)6-10-8-15-17(12(10)16-11)13(2,3)4/h6,8H,5H2,1-4H3. The molecule has 0 saturated carbocycles. The second-order valence-corrected chi connectivity index (χ2v) is 5.09. The minimum absolute atomic E-state index is 0.103. The van der Waals surface area contributed by atoms with E-state index in [4.69, 9.17) is 5.26 Å². The zero-order valence-electron chi connectivity index (χ0n) is 10.7. The van der Waals surface area contributed by atoms with Crippen LogP contribution in [-0.2, 0) is 12.0 Å². The number of pyridine rings is 1. The molecule has 0 aromatic carbocycles. The number of hydrogen-bond donors (Lipinski definition) is 0. The molecule has 2 heterocycles. The Morgan fingerprint density at radius 3 is 2.65 bits per heavy atom. The summed E-state index contributed by atoms with van der Waals surface area (Å²) in [5, 5.41) is 14.3. The van der Waals surface area contributed by atoms with Crippen molar-refractivity contribution in [3.05, 3.63) is 23.5 Å². The number of nitrogens with zero attached hydrogens (tertiary/aromatic N) is 4. The van der Waals surface area contributed by atoms with Crippen LogP contribution < -0.4 is 0 Å². The van der Waals surface area contributed by atoms with Crippen molar-refractivity contribution in [2.24, 2.45) is 0 Å². The summed E-state index contributed by atoms with van der Waals surface area (Å²) in [6, 6.07) is 4.06. The molecule has 0 unspecified atom stereocenters. The molecule has 0 aliphatic heterocycles. The van der Waals surface area contributed by atoms with Crippen molar-refractivity contribution in [3.8, 4) is 6.07 Å². The fourth-order valence-corrected chi connectivity index (χ4v) is 1.85. The molecule has 0 aliphatic rings. The predicted molar refractivity (Wildman–Crippen MR) is 66.6 cm³/mol. The summed E-state index contributed by atoms with van der Waals surface area (Å²) in [4.78, 5) is 4.57. The summed E-state index contributed by atoms with van der Waals surface area (Å²) < 4.78 is 1.91. The van der Waals surface area contributed by atoms with E-state index in [1.54, 1.807) is 6.20 Å². The van der Waals surface area contributed by atoms with Crippen LogP contribution in [0.5, 0.6) is 0 Å². The first kappa shape index (κ1) is 11.6. The van der Waals surface area contributed by atoms with E-state index < -0.39 is 0 Å². The molecule has 17 heavy (non-hydrogen) atoms. The van der Waals surface area contributed by atoms with Gasteiger partial charge in [-0.05, 0) is 33.3 Å². The highest BCUT2D eigenvalue weighted by atomic mass is 15.3. The summed E-state index contributed by atoms with van der Waals surface area (Å²) in [7, 11) is 0. The molecule has 0 aliphatic carbocycles. The monoisotopic (exact) mass is 228 g/mol. The summed E-state index contributed by atoms with van der Waals surface area (Å²) in [6.07, 6.45) is 2.53. The zero-order chi connectivity index (χ0) is 12.6. The summed E-state index contributed by atoms with van der Waals surface area (Å²) in [5.74, 6) is 0. The van der Waals surface area contributed by atoms with Crippen molar-refractivity contribution < 1.29 is 0 Å². The molecule has 0 amide bonds. The largest absolute Gasteiger partial charge is 0.242 e. The van der Waals surface area contributed by atoms with Crippen LogP contribution in [0.2, 0.25) is 0 Å². The molecule has 2 aromatic rings. The smallest absolute Gasteiger partial charge is 0.158 e. The molecule has 2 rings (SSSR count). The average Bonchev–Trinajstić information content (AvgIpc) is 2.69. The summed E-state index contributed by atoms with van der Waals surface area (Å²) in [5.41, 5.74) is 2.24. The Balaban J connectivity index is 2.75. The highest BCUT2D eigenvalue weighted by molar-refractivity contribution is 5.77. The maximum atomic E-state index is 9.06. The number of rotatable bonds is 1. The molecule has 4 heteroatoms. The lowest BCUT2D eigenvalue weighted by atomic mass is 10.1. The molecular formula is C13H16N4. The number of aryl methyl sites for hydroxylation is 1. The summed E-state index contributed by atoms with van der Waals surface area (Å²) >= 11 is 0. The molecular weight excluding hydrogens is 212 g/mol. The van der Waals surface area contributed by atoms with Crippen LogP contribution in [0, 0.1) is 11.3 Å². The zero-order valence-corrected chi connectivity index (χ0v) is 10.7. The van der Waals surface area contributed by atoms with Crippen molar-refractivity contribution in [2.75, 3.05) is 0 Å². The number of hydrogen-bond acceptors (Lipinski definition) is 3. The van der Waals surface area contributed by atoms with Gasteiger partial charge in [0.25, 0.3) is 0 Å². The van der Waals surface area contributed by atoms with E-state index in [2.05, 4.69) is 36.9 Å². The molecule has 0 saturated heterocycles. The normalized spacial score (nSPS) is 11.7. The third-order valence-corrected chi connectivity index (χ3v) is 2.71. The minimum atomic E-state index is -0.103. The molecule has 0 bridgehead atoms. The Morgan fingerprint density at radius 1 is 1.41 bits per heavy atom. The van der Waals surface area contributed by atoms with Gasteiger partial charge >= 0.3 is 0 Å². The lowest BCUT2D eigenvalue weighted by molar-refractivity contribution is 0.365. The Bertz CT molecular complexity index is 596. The van der Waals surface area contributed by atoms with Crippen molar-refractivity contribution >= 4 is 11.0 Å². The van der Waals surface area contributed by atoms with E-state index in [-0.39, 0.29) is 5.54 Å². The van der Waals surface area contributed by atoms with Crippen molar-refractivity contribution in [1.29, 1.82) is 5.26 Å². The topological polar surface area (TPSA) is 54.5 Å². The van der Waals surface area contributed by atoms with E-state index in [1.807, 2.05) is 17.7 Å². The van der Waals surface area contributed by atoms with Gasteiger partial charge in [0.05, 0.1) is 23.0 Å². The highest BCUT2D eigenvalue weighted by Gasteiger charge is 2.18. The minimum Gasteiger partial charge on any atom is -0.242 e. The van der Waals surface area contributed by atoms with Crippen LogP contribution in [0.4, 0.5) is 0 Å². The molecule has 0 radical (unpaired) electrons. The molecule has 88 valence electrons. The van der Waals surface area contributed by atoms with Crippen molar-refractivity contribution in [1.82, 2.24) is 14.8 Å². The second-order valence-electron chi connectivity index (χ2n) is 5.09. The first-order valence-corrected chi connectivity index (χ1v) is 5.75. The van der Waals surface area contributed by atoms with Crippen LogP contribution in [0.3, 0.4) is 0 Å². The predicted octanol–water partition coefficient (Wildman–Crippen LogP) is 2.62. The van der Waals surface area contributed by atoms with Gasteiger partial charge in [-0.25, -0.2) is 9.67 Å². The Hall–Kier alpha value is -1.89. The first-order chi connectivity index (χ1) is 7.97. The fraction of sp³-hybridized carbons (Fsp3) is 0.462. The van der Waals surface area contributed by atoms with Gasteiger partial charge in [-0.1, -0.05) is 6.92 Å². The van der Waals surface area contributed by atoms with E-state index in [0.717, 1.165) is 23.1 Å². The van der Waals surface area contributed by atoms with Gasteiger partial charge in [0.1, 0.15) is 6.07 Å². The van der Waals surface area contributed by atoms with Gasteiger partial charge in [-0.15, -0.1) is 0 Å². The van der Waals surface area contributed by atoms with Crippen LogP contribution >= 0.6 is 0 Å². The fourth-order valence-electron chi connectivity index (χ4n) is 1.85. The molecule has 0 spiro atoms. The molecule has 0 fully saturated rings. The maximum absolute atomic E-state index is 9.06. The van der Waals surface area contributed by atoms with Crippen molar-refractivity contribution in [3.63, 3.8) is 0 Å². The maximum Gasteiger partial charge on any atom is 0.158 e. The Labute approximate surface area is 101 Å². The quantitative estimate of drug-likeness (QED) is 0.754. The van der Waals surface area contributed by atoms with Gasteiger partial charge in [0.2, 0.25) is 0 Å². The Morgan fingerprint density at radius 2 is 2.12 bits per heavy atom. The van der Waals surface area contributed by atoms with E-state index in [0.29, 0.717) is 5.56 Å². The average molecular weight is 228 g/mol. The first-order valence-electron chi connectivity index (χ1n) is 5.75. The SMILES string of the molecule is CCc1nc2c(cnn2C(C)(C)C)cc1C#N.